The van der Waals surface area contributed by atoms with E-state index in [4.69, 9.17) is 0 Å². The Morgan fingerprint density at radius 2 is 2.12 bits per heavy atom. The van der Waals surface area contributed by atoms with E-state index in [0.717, 1.165) is 12.3 Å². The molecule has 0 saturated heterocycles. The van der Waals surface area contributed by atoms with Crippen molar-refractivity contribution in [2.75, 3.05) is 11.4 Å². The van der Waals surface area contributed by atoms with E-state index in [-0.39, 0.29) is 0 Å². The quantitative estimate of drug-likeness (QED) is 0.732. The summed E-state index contributed by atoms with van der Waals surface area (Å²) in [5, 5.41) is 0. The Bertz CT molecular complexity index is 421. The first-order valence-electron chi connectivity index (χ1n) is 4.69. The summed E-state index contributed by atoms with van der Waals surface area (Å²) in [4.78, 5) is 5.38. The van der Waals surface area contributed by atoms with Crippen molar-refractivity contribution >= 4 is 5.69 Å². The zero-order valence-electron chi connectivity index (χ0n) is 8.28. The van der Waals surface area contributed by atoms with E-state index in [1.165, 1.54) is 17.2 Å². The number of anilines is 1. The third-order valence-electron chi connectivity index (χ3n) is 2.20. The topological polar surface area (TPSA) is 16.1 Å². The molecule has 1 aliphatic heterocycles. The van der Waals surface area contributed by atoms with Crippen molar-refractivity contribution in [3.63, 3.8) is 0 Å². The molecule has 2 nitrogen and oxygen atoms in total. The molecule has 0 fully saturated rings. The van der Waals surface area contributed by atoms with Gasteiger partial charge >= 0.3 is 6.18 Å². The number of aromatic nitrogens is 1. The normalized spacial score (nSPS) is 16.2. The average molecular weight is 226 g/mol. The van der Waals surface area contributed by atoms with Crippen LogP contribution in [0.3, 0.4) is 0 Å². The molecule has 1 aromatic heterocycles. The summed E-state index contributed by atoms with van der Waals surface area (Å²) in [5.41, 5.74) is -0.00352. The number of allylic oxidation sites excluding steroid dienone is 2. The van der Waals surface area contributed by atoms with Crippen molar-refractivity contribution in [3.8, 4) is 0 Å². The maximum absolute atomic E-state index is 12.5. The first-order chi connectivity index (χ1) is 7.57. The SMILES string of the molecule is FC(F)(F)C1=CN(c2cccnc2)CC=C1. The van der Waals surface area contributed by atoms with Gasteiger partial charge in [0.1, 0.15) is 0 Å². The minimum absolute atomic E-state index is 0.422. The molecule has 84 valence electrons. The summed E-state index contributed by atoms with van der Waals surface area (Å²) in [6.45, 7) is 0.422. The zero-order valence-corrected chi connectivity index (χ0v) is 8.28. The predicted octanol–water partition coefficient (Wildman–Crippen LogP) is 2.90. The van der Waals surface area contributed by atoms with Crippen LogP contribution < -0.4 is 4.90 Å². The Kier molecular flexibility index (Phi) is 2.68. The summed E-state index contributed by atoms with van der Waals surface area (Å²) < 4.78 is 37.4. The highest BCUT2D eigenvalue weighted by atomic mass is 19.4. The van der Waals surface area contributed by atoms with Gasteiger partial charge in [0.25, 0.3) is 0 Å². The van der Waals surface area contributed by atoms with Crippen molar-refractivity contribution in [1.29, 1.82) is 0 Å². The van der Waals surface area contributed by atoms with Crippen molar-refractivity contribution in [1.82, 2.24) is 4.98 Å². The van der Waals surface area contributed by atoms with E-state index < -0.39 is 11.7 Å². The van der Waals surface area contributed by atoms with Gasteiger partial charge < -0.3 is 4.90 Å². The van der Waals surface area contributed by atoms with Crippen LogP contribution in [0, 0.1) is 0 Å². The predicted molar refractivity (Wildman–Crippen MR) is 54.9 cm³/mol. The summed E-state index contributed by atoms with van der Waals surface area (Å²) in [5.74, 6) is 0. The Morgan fingerprint density at radius 1 is 1.31 bits per heavy atom. The lowest BCUT2D eigenvalue weighted by Gasteiger charge is -2.23. The van der Waals surface area contributed by atoms with E-state index in [1.807, 2.05) is 0 Å². The molecule has 0 N–H and O–H groups in total. The highest BCUT2D eigenvalue weighted by Gasteiger charge is 2.33. The fourth-order valence-corrected chi connectivity index (χ4v) is 1.43. The maximum Gasteiger partial charge on any atom is 0.417 e. The fraction of sp³-hybridized carbons (Fsp3) is 0.182. The second-order valence-electron chi connectivity index (χ2n) is 3.35. The molecule has 0 unspecified atom stereocenters. The van der Waals surface area contributed by atoms with E-state index in [2.05, 4.69) is 4.98 Å². The molecule has 2 rings (SSSR count). The summed E-state index contributed by atoms with van der Waals surface area (Å²) in [6.07, 6.45) is 2.47. The lowest BCUT2D eigenvalue weighted by atomic mass is 10.2. The molecule has 0 spiro atoms. The van der Waals surface area contributed by atoms with Gasteiger partial charge in [-0.25, -0.2) is 0 Å². The van der Waals surface area contributed by atoms with Crippen molar-refractivity contribution < 1.29 is 13.2 Å². The highest BCUT2D eigenvalue weighted by Crippen LogP contribution is 2.29. The van der Waals surface area contributed by atoms with E-state index in [1.54, 1.807) is 18.3 Å². The lowest BCUT2D eigenvalue weighted by Crippen LogP contribution is -2.23. The molecule has 0 aromatic carbocycles. The first kappa shape index (κ1) is 10.7. The van der Waals surface area contributed by atoms with Gasteiger partial charge in [-0.3, -0.25) is 4.98 Å². The molecular weight excluding hydrogens is 217 g/mol. The standard InChI is InChI=1S/C11H9F3N2/c12-11(13,14)9-3-2-6-16(8-9)10-4-1-5-15-7-10/h1-5,7-8H,6H2. The lowest BCUT2D eigenvalue weighted by molar-refractivity contribution is -0.0885. The minimum atomic E-state index is -4.31. The number of pyridine rings is 1. The van der Waals surface area contributed by atoms with Crippen LogP contribution >= 0.6 is 0 Å². The van der Waals surface area contributed by atoms with E-state index in [0.29, 0.717) is 12.2 Å². The van der Waals surface area contributed by atoms with Crippen LogP contribution in [0.1, 0.15) is 0 Å². The van der Waals surface area contributed by atoms with Gasteiger partial charge in [0.05, 0.1) is 17.5 Å². The molecule has 0 aliphatic carbocycles. The van der Waals surface area contributed by atoms with Gasteiger partial charge in [-0.2, -0.15) is 13.2 Å². The number of nitrogens with zero attached hydrogens (tertiary/aromatic N) is 2. The van der Waals surface area contributed by atoms with Gasteiger partial charge in [0.2, 0.25) is 0 Å². The molecule has 0 radical (unpaired) electrons. The number of hydrogen-bond donors (Lipinski definition) is 0. The highest BCUT2D eigenvalue weighted by molar-refractivity contribution is 5.51. The van der Waals surface area contributed by atoms with Crippen LogP contribution in [0.15, 0.2) is 48.5 Å². The van der Waals surface area contributed by atoms with E-state index >= 15 is 0 Å². The average Bonchev–Trinajstić information content (AvgIpc) is 2.29. The van der Waals surface area contributed by atoms with Gasteiger partial charge in [0, 0.05) is 18.9 Å². The van der Waals surface area contributed by atoms with Gasteiger partial charge in [-0.05, 0) is 12.1 Å². The second kappa shape index (κ2) is 4.00. The summed E-state index contributed by atoms with van der Waals surface area (Å²) >= 11 is 0. The largest absolute Gasteiger partial charge is 0.417 e. The number of halogens is 3. The van der Waals surface area contributed by atoms with Gasteiger partial charge in [-0.15, -0.1) is 0 Å². The number of hydrogen-bond acceptors (Lipinski definition) is 2. The zero-order chi connectivity index (χ0) is 11.6. The van der Waals surface area contributed by atoms with Crippen molar-refractivity contribution in [2.45, 2.75) is 6.18 Å². The van der Waals surface area contributed by atoms with Crippen LogP contribution in [0.4, 0.5) is 18.9 Å². The van der Waals surface area contributed by atoms with Gasteiger partial charge in [-0.1, -0.05) is 12.2 Å². The molecule has 0 saturated carbocycles. The first-order valence-corrected chi connectivity index (χ1v) is 4.69. The third kappa shape index (κ3) is 2.24. The molecule has 5 heteroatoms. The Balaban J connectivity index is 2.27. The fourth-order valence-electron chi connectivity index (χ4n) is 1.43. The maximum atomic E-state index is 12.5. The smallest absolute Gasteiger partial charge is 0.342 e. The molecule has 0 bridgehead atoms. The Morgan fingerprint density at radius 3 is 2.75 bits per heavy atom. The molecule has 16 heavy (non-hydrogen) atoms. The van der Waals surface area contributed by atoms with Crippen LogP contribution in [0.25, 0.3) is 0 Å². The molecule has 1 aliphatic rings. The second-order valence-corrected chi connectivity index (χ2v) is 3.35. The molecule has 2 heterocycles. The number of alkyl halides is 3. The molecule has 0 atom stereocenters. The molecule has 0 amide bonds. The molecular formula is C11H9F3N2. The van der Waals surface area contributed by atoms with Crippen LogP contribution in [0.5, 0.6) is 0 Å². The summed E-state index contributed by atoms with van der Waals surface area (Å²) in [7, 11) is 0. The van der Waals surface area contributed by atoms with Crippen LogP contribution in [0.2, 0.25) is 0 Å². The van der Waals surface area contributed by atoms with E-state index in [9.17, 15) is 13.2 Å². The monoisotopic (exact) mass is 226 g/mol. The Labute approximate surface area is 90.7 Å². The minimum Gasteiger partial charge on any atom is -0.342 e. The van der Waals surface area contributed by atoms with Gasteiger partial charge in [0.15, 0.2) is 0 Å². The summed E-state index contributed by atoms with van der Waals surface area (Å²) in [6, 6.07) is 3.41. The van der Waals surface area contributed by atoms with Crippen molar-refractivity contribution in [3.05, 3.63) is 48.5 Å². The molecule has 1 aromatic rings. The van der Waals surface area contributed by atoms with Crippen molar-refractivity contribution in [2.24, 2.45) is 0 Å². The Hall–Kier alpha value is -1.78. The van der Waals surface area contributed by atoms with Crippen LogP contribution in [-0.4, -0.2) is 17.7 Å². The third-order valence-corrected chi connectivity index (χ3v) is 2.20. The van der Waals surface area contributed by atoms with Crippen LogP contribution in [-0.2, 0) is 0 Å². The number of rotatable bonds is 1.